The molecule has 0 fully saturated rings. The summed E-state index contributed by atoms with van der Waals surface area (Å²) in [6, 6.07) is 10.5. The first-order valence-electron chi connectivity index (χ1n) is 5.19. The number of phenolic OH excluding ortho intramolecular Hbond substituents is 1. The van der Waals surface area contributed by atoms with Gasteiger partial charge in [-0.1, -0.05) is 24.3 Å². The van der Waals surface area contributed by atoms with Crippen LogP contribution in [0.1, 0.15) is 11.1 Å². The molecule has 2 aromatic rings. The summed E-state index contributed by atoms with van der Waals surface area (Å²) >= 11 is 0. The van der Waals surface area contributed by atoms with E-state index < -0.39 is 0 Å². The topological polar surface area (TPSA) is 86.4 Å². The first-order valence-corrected chi connectivity index (χ1v) is 5.19. The Balaban J connectivity index is 2.22. The summed E-state index contributed by atoms with van der Waals surface area (Å²) in [5, 5.41) is 9.15. The fourth-order valence-electron chi connectivity index (χ4n) is 1.51. The van der Waals surface area contributed by atoms with Crippen LogP contribution in [0, 0.1) is 0 Å². The van der Waals surface area contributed by atoms with E-state index in [0.29, 0.717) is 11.6 Å². The molecule has 0 saturated carbocycles. The standard InChI is InChI=1S/C13H13N3O/c14-12-7-10(8-13(15)16-12)2-1-9-3-5-11(17)6-4-9/h1-8,17H,(H4,14,15,16)/p+1. The highest BCUT2D eigenvalue weighted by Crippen LogP contribution is 2.13. The van der Waals surface area contributed by atoms with Crippen LogP contribution in [0.3, 0.4) is 0 Å². The molecule has 0 aliphatic rings. The van der Waals surface area contributed by atoms with Crippen molar-refractivity contribution in [1.29, 1.82) is 0 Å². The van der Waals surface area contributed by atoms with Gasteiger partial charge in [0.1, 0.15) is 5.75 Å². The van der Waals surface area contributed by atoms with Crippen LogP contribution in [0.25, 0.3) is 12.2 Å². The molecule has 86 valence electrons. The second-order valence-electron chi connectivity index (χ2n) is 3.75. The lowest BCUT2D eigenvalue weighted by atomic mass is 10.1. The number of benzene rings is 1. The van der Waals surface area contributed by atoms with Crippen LogP contribution in [-0.2, 0) is 0 Å². The van der Waals surface area contributed by atoms with E-state index in [4.69, 9.17) is 16.6 Å². The molecule has 4 heteroatoms. The highest BCUT2D eigenvalue weighted by atomic mass is 16.3. The SMILES string of the molecule is Nc1cc(C=Cc2ccc(O)cc2)cc(N)[nH+]1. The molecule has 0 radical (unpaired) electrons. The van der Waals surface area contributed by atoms with Crippen molar-refractivity contribution in [2.45, 2.75) is 0 Å². The van der Waals surface area contributed by atoms with Crippen LogP contribution in [0.15, 0.2) is 36.4 Å². The number of phenols is 1. The Morgan fingerprint density at radius 3 is 2.00 bits per heavy atom. The lowest BCUT2D eigenvalue weighted by Crippen LogP contribution is -2.15. The molecule has 0 atom stereocenters. The number of nitrogens with one attached hydrogen (secondary N) is 1. The third-order valence-corrected chi connectivity index (χ3v) is 2.29. The molecule has 1 heterocycles. The molecule has 1 aromatic carbocycles. The van der Waals surface area contributed by atoms with Crippen molar-refractivity contribution in [2.75, 3.05) is 11.5 Å². The Kier molecular flexibility index (Phi) is 2.96. The number of aromatic nitrogens is 1. The lowest BCUT2D eigenvalue weighted by molar-refractivity contribution is -0.342. The second kappa shape index (κ2) is 4.57. The summed E-state index contributed by atoms with van der Waals surface area (Å²) in [7, 11) is 0. The molecule has 1 aromatic heterocycles. The minimum atomic E-state index is 0.255. The largest absolute Gasteiger partial charge is 0.508 e. The zero-order valence-corrected chi connectivity index (χ0v) is 9.22. The molecular weight excluding hydrogens is 214 g/mol. The van der Waals surface area contributed by atoms with Crippen molar-refractivity contribution < 1.29 is 10.1 Å². The summed E-state index contributed by atoms with van der Waals surface area (Å²) in [6.07, 6.45) is 3.83. The zero-order chi connectivity index (χ0) is 12.3. The number of anilines is 2. The summed E-state index contributed by atoms with van der Waals surface area (Å²) in [6.45, 7) is 0. The molecule has 17 heavy (non-hydrogen) atoms. The van der Waals surface area contributed by atoms with E-state index >= 15 is 0 Å². The number of nitrogens with two attached hydrogens (primary N) is 2. The molecule has 2 rings (SSSR count). The molecule has 0 bridgehead atoms. The van der Waals surface area contributed by atoms with E-state index in [-0.39, 0.29) is 5.75 Å². The number of H-pyrrole nitrogens is 1. The summed E-state index contributed by atoms with van der Waals surface area (Å²) in [5.74, 6) is 1.30. The van der Waals surface area contributed by atoms with E-state index in [1.54, 1.807) is 24.3 Å². The number of rotatable bonds is 2. The maximum Gasteiger partial charge on any atom is 0.217 e. The highest BCUT2D eigenvalue weighted by molar-refractivity contribution is 5.71. The van der Waals surface area contributed by atoms with E-state index in [9.17, 15) is 0 Å². The third-order valence-electron chi connectivity index (χ3n) is 2.29. The molecule has 4 nitrogen and oxygen atoms in total. The van der Waals surface area contributed by atoms with Crippen molar-refractivity contribution in [3.8, 4) is 5.75 Å². The minimum Gasteiger partial charge on any atom is -0.508 e. The maximum absolute atomic E-state index is 9.15. The van der Waals surface area contributed by atoms with Crippen molar-refractivity contribution in [3.63, 3.8) is 0 Å². The molecule has 0 aliphatic heterocycles. The van der Waals surface area contributed by atoms with Crippen LogP contribution >= 0.6 is 0 Å². The van der Waals surface area contributed by atoms with Gasteiger partial charge in [-0.05, 0) is 23.3 Å². The average molecular weight is 228 g/mol. The number of nitrogen functional groups attached to an aromatic ring is 2. The normalized spacial score (nSPS) is 10.8. The Bertz CT molecular complexity index is 527. The summed E-state index contributed by atoms with van der Waals surface area (Å²) < 4.78 is 0. The van der Waals surface area contributed by atoms with E-state index in [0.717, 1.165) is 11.1 Å². The van der Waals surface area contributed by atoms with Gasteiger partial charge in [0.05, 0.1) is 0 Å². The first kappa shape index (κ1) is 11.0. The molecule has 0 amide bonds. The molecule has 6 N–H and O–H groups in total. The Morgan fingerprint density at radius 2 is 1.41 bits per heavy atom. The Labute approximate surface area is 99.2 Å². The molecule has 0 saturated heterocycles. The number of pyridine rings is 1. The molecule has 0 unspecified atom stereocenters. The van der Waals surface area contributed by atoms with Gasteiger partial charge in [0.25, 0.3) is 0 Å². The summed E-state index contributed by atoms with van der Waals surface area (Å²) in [4.78, 5) is 2.80. The number of aromatic amines is 1. The van der Waals surface area contributed by atoms with Gasteiger partial charge in [-0.15, -0.1) is 0 Å². The first-order chi connectivity index (χ1) is 8.13. The van der Waals surface area contributed by atoms with Crippen LogP contribution < -0.4 is 16.5 Å². The average Bonchev–Trinajstić information content (AvgIpc) is 2.27. The lowest BCUT2D eigenvalue weighted by Gasteiger charge is -1.97. The molecule has 0 spiro atoms. The van der Waals surface area contributed by atoms with Gasteiger partial charge in [0.15, 0.2) is 0 Å². The molecule has 0 aliphatic carbocycles. The fourth-order valence-corrected chi connectivity index (χ4v) is 1.51. The van der Waals surface area contributed by atoms with Crippen LogP contribution in [-0.4, -0.2) is 5.11 Å². The van der Waals surface area contributed by atoms with Gasteiger partial charge < -0.3 is 16.6 Å². The van der Waals surface area contributed by atoms with Gasteiger partial charge >= 0.3 is 0 Å². The number of hydrogen-bond donors (Lipinski definition) is 3. The fraction of sp³-hybridized carbons (Fsp3) is 0. The Morgan fingerprint density at radius 1 is 0.882 bits per heavy atom. The van der Waals surface area contributed by atoms with E-state index in [1.165, 1.54) is 0 Å². The monoisotopic (exact) mass is 228 g/mol. The van der Waals surface area contributed by atoms with E-state index in [1.807, 2.05) is 24.3 Å². The second-order valence-corrected chi connectivity index (χ2v) is 3.75. The number of aromatic hydroxyl groups is 1. The van der Waals surface area contributed by atoms with Crippen LogP contribution in [0.2, 0.25) is 0 Å². The van der Waals surface area contributed by atoms with Crippen LogP contribution in [0.4, 0.5) is 11.6 Å². The predicted octanol–water partition coefficient (Wildman–Crippen LogP) is 1.54. The van der Waals surface area contributed by atoms with Gasteiger partial charge in [-0.2, -0.15) is 0 Å². The number of hydrogen-bond acceptors (Lipinski definition) is 3. The van der Waals surface area contributed by atoms with Crippen molar-refractivity contribution in [2.24, 2.45) is 0 Å². The smallest absolute Gasteiger partial charge is 0.217 e. The van der Waals surface area contributed by atoms with Gasteiger partial charge in [-0.25, -0.2) is 4.98 Å². The van der Waals surface area contributed by atoms with Crippen molar-refractivity contribution in [3.05, 3.63) is 47.5 Å². The zero-order valence-electron chi connectivity index (χ0n) is 9.22. The minimum absolute atomic E-state index is 0.255. The third kappa shape index (κ3) is 2.98. The molecular formula is C13H14N3O+. The predicted molar refractivity (Wildman–Crippen MR) is 68.9 cm³/mol. The quantitative estimate of drug-likeness (QED) is 0.728. The van der Waals surface area contributed by atoms with E-state index in [2.05, 4.69) is 4.98 Å². The highest BCUT2D eigenvalue weighted by Gasteiger charge is 1.97. The summed E-state index contributed by atoms with van der Waals surface area (Å²) in [5.41, 5.74) is 13.2. The van der Waals surface area contributed by atoms with Crippen molar-refractivity contribution in [1.82, 2.24) is 0 Å². The Hall–Kier alpha value is -2.49. The van der Waals surface area contributed by atoms with Crippen LogP contribution in [0.5, 0.6) is 5.75 Å². The van der Waals surface area contributed by atoms with Gasteiger partial charge in [-0.3, -0.25) is 0 Å². The van der Waals surface area contributed by atoms with Gasteiger partial charge in [0.2, 0.25) is 11.6 Å². The van der Waals surface area contributed by atoms with Crippen molar-refractivity contribution >= 4 is 23.8 Å². The maximum atomic E-state index is 9.15. The van der Waals surface area contributed by atoms with Gasteiger partial charge in [0, 0.05) is 12.1 Å².